The molecule has 29 heavy (non-hydrogen) atoms. The summed E-state index contributed by atoms with van der Waals surface area (Å²) in [6.07, 6.45) is 4.38. The van der Waals surface area contributed by atoms with E-state index < -0.39 is 18.7 Å². The Morgan fingerprint density at radius 2 is 1.90 bits per heavy atom. The molecule has 2 aromatic heterocycles. The molecule has 13 heteroatoms. The Kier molecular flexibility index (Phi) is 6.39. The number of alkyl halides is 2. The molecule has 0 aliphatic heterocycles. The number of rotatable bonds is 6. The highest BCUT2D eigenvalue weighted by Gasteiger charge is 2.19. The lowest BCUT2D eigenvalue weighted by molar-refractivity contribution is -0.0497. The van der Waals surface area contributed by atoms with Crippen LogP contribution in [0.3, 0.4) is 0 Å². The fourth-order valence-corrected chi connectivity index (χ4v) is 2.81. The summed E-state index contributed by atoms with van der Waals surface area (Å²) in [5, 5.41) is 9.05. The van der Waals surface area contributed by atoms with Crippen molar-refractivity contribution in [2.75, 3.05) is 5.32 Å². The number of amides is 2. The van der Waals surface area contributed by atoms with Crippen molar-refractivity contribution in [3.63, 3.8) is 0 Å². The zero-order valence-corrected chi connectivity index (χ0v) is 16.2. The van der Waals surface area contributed by atoms with Crippen molar-refractivity contribution in [3.8, 4) is 11.7 Å². The topological polar surface area (TPSA) is 107 Å². The second-order valence-corrected chi connectivity index (χ2v) is 6.35. The fourth-order valence-electron chi connectivity index (χ4n) is 2.33. The van der Waals surface area contributed by atoms with E-state index in [1.165, 1.54) is 17.1 Å². The van der Waals surface area contributed by atoms with E-state index in [9.17, 15) is 13.6 Å². The van der Waals surface area contributed by atoms with Crippen molar-refractivity contribution < 1.29 is 18.3 Å². The molecule has 152 valence electrons. The first-order valence-corrected chi connectivity index (χ1v) is 8.79. The zero-order valence-electron chi connectivity index (χ0n) is 14.7. The zero-order chi connectivity index (χ0) is 21.0. The quantitative estimate of drug-likeness (QED) is 0.598. The molecule has 0 saturated heterocycles. The van der Waals surface area contributed by atoms with E-state index >= 15 is 0 Å². The highest BCUT2D eigenvalue weighted by Crippen LogP contribution is 2.35. The van der Waals surface area contributed by atoms with Gasteiger partial charge in [0, 0.05) is 18.5 Å². The third-order valence-corrected chi connectivity index (χ3v) is 4.14. The van der Waals surface area contributed by atoms with Gasteiger partial charge in [0.15, 0.2) is 5.82 Å². The van der Waals surface area contributed by atoms with Gasteiger partial charge in [0.25, 0.3) is 5.95 Å². The van der Waals surface area contributed by atoms with Gasteiger partial charge in [-0.1, -0.05) is 23.2 Å². The summed E-state index contributed by atoms with van der Waals surface area (Å²) < 4.78 is 30.6. The van der Waals surface area contributed by atoms with Gasteiger partial charge in [0.1, 0.15) is 12.1 Å². The second kappa shape index (κ2) is 8.97. The van der Waals surface area contributed by atoms with Crippen LogP contribution in [-0.4, -0.2) is 37.4 Å². The molecule has 2 amide bonds. The molecular formula is C16H13Cl2F2N7O2. The summed E-state index contributed by atoms with van der Waals surface area (Å²) in [5.41, 5.74) is 0.0317. The van der Waals surface area contributed by atoms with Gasteiger partial charge in [-0.15, -0.1) is 0 Å². The number of urea groups is 1. The smallest absolute Gasteiger partial charge is 0.387 e. The highest BCUT2D eigenvalue weighted by atomic mass is 35.5. The van der Waals surface area contributed by atoms with Crippen molar-refractivity contribution in [2.24, 2.45) is 0 Å². The van der Waals surface area contributed by atoms with Crippen LogP contribution < -0.4 is 15.4 Å². The number of benzene rings is 1. The molecule has 9 nitrogen and oxygen atoms in total. The number of ether oxygens (including phenoxy) is 1. The maximum absolute atomic E-state index is 12.5. The lowest BCUT2D eigenvalue weighted by Gasteiger charge is -2.16. The molecule has 0 saturated carbocycles. The van der Waals surface area contributed by atoms with Gasteiger partial charge < -0.3 is 15.4 Å². The number of halogens is 4. The maximum atomic E-state index is 12.5. The molecule has 2 N–H and O–H groups in total. The van der Waals surface area contributed by atoms with Crippen LogP contribution in [0.15, 0.2) is 36.9 Å². The maximum Gasteiger partial charge on any atom is 0.387 e. The van der Waals surface area contributed by atoms with E-state index in [4.69, 9.17) is 23.2 Å². The van der Waals surface area contributed by atoms with E-state index in [0.717, 1.165) is 6.07 Å². The van der Waals surface area contributed by atoms with Gasteiger partial charge in [-0.05, 0) is 19.1 Å². The monoisotopic (exact) mass is 443 g/mol. The fraction of sp³-hybridized carbons (Fsp3) is 0.188. The highest BCUT2D eigenvalue weighted by molar-refractivity contribution is 6.37. The van der Waals surface area contributed by atoms with Gasteiger partial charge in [-0.2, -0.15) is 18.6 Å². The van der Waals surface area contributed by atoms with Crippen molar-refractivity contribution in [1.29, 1.82) is 0 Å². The number of carbonyl (C=O) groups is 1. The van der Waals surface area contributed by atoms with Crippen LogP contribution >= 0.6 is 23.2 Å². The Labute approximate surface area is 173 Å². The van der Waals surface area contributed by atoms with Crippen LogP contribution in [0.1, 0.15) is 18.8 Å². The molecule has 0 aliphatic rings. The van der Waals surface area contributed by atoms with Crippen LogP contribution in [0.2, 0.25) is 10.0 Å². The van der Waals surface area contributed by atoms with Gasteiger partial charge in [-0.25, -0.2) is 19.7 Å². The lowest BCUT2D eigenvalue weighted by Crippen LogP contribution is -2.32. The number of anilines is 1. The number of nitrogens with one attached hydrogen (secondary N) is 2. The minimum atomic E-state index is -3.08. The number of carbonyl (C=O) groups excluding carboxylic acids is 1. The number of aromatic nitrogens is 5. The standard InChI is InChI=1S/C16H13Cl2F2N7O2/c1-8(13-23-7-24-27(13)15-21-3-2-4-22-15)25-16(28)26-11-6-12(29-14(19)20)10(18)5-9(11)17/h2-8,14H,1H3,(H2,25,26,28)/t8-/m0/s1. The number of hydrogen-bond donors (Lipinski definition) is 2. The molecule has 2 heterocycles. The summed E-state index contributed by atoms with van der Waals surface area (Å²) in [4.78, 5) is 24.6. The lowest BCUT2D eigenvalue weighted by atomic mass is 10.3. The van der Waals surface area contributed by atoms with Crippen LogP contribution in [0.5, 0.6) is 5.75 Å². The van der Waals surface area contributed by atoms with E-state index in [2.05, 4.69) is 35.4 Å². The first-order chi connectivity index (χ1) is 13.8. The molecule has 0 spiro atoms. The molecule has 3 aromatic rings. The average molecular weight is 444 g/mol. The van der Waals surface area contributed by atoms with Crippen molar-refractivity contribution >= 4 is 34.9 Å². The van der Waals surface area contributed by atoms with E-state index in [-0.39, 0.29) is 27.4 Å². The van der Waals surface area contributed by atoms with Crippen LogP contribution in [-0.2, 0) is 0 Å². The third kappa shape index (κ3) is 5.06. The minimum absolute atomic E-state index is 0.0317. The molecule has 0 unspecified atom stereocenters. The molecular weight excluding hydrogens is 431 g/mol. The molecule has 1 aromatic carbocycles. The van der Waals surface area contributed by atoms with Crippen molar-refractivity contribution in [3.05, 3.63) is 52.8 Å². The Balaban J connectivity index is 1.73. The Morgan fingerprint density at radius 1 is 1.17 bits per heavy atom. The largest absolute Gasteiger partial charge is 0.433 e. The summed E-state index contributed by atoms with van der Waals surface area (Å²) in [5.74, 6) is 0.328. The Hall–Kier alpha value is -3.05. The predicted octanol–water partition coefficient (Wildman–Crippen LogP) is 3.85. The van der Waals surface area contributed by atoms with Gasteiger partial charge in [0.2, 0.25) is 0 Å². The molecule has 0 bridgehead atoms. The van der Waals surface area contributed by atoms with E-state index in [1.54, 1.807) is 25.4 Å². The first kappa shape index (κ1) is 20.7. The summed E-state index contributed by atoms with van der Waals surface area (Å²) in [6, 6.07) is 2.65. The van der Waals surface area contributed by atoms with Crippen molar-refractivity contribution in [1.82, 2.24) is 30.0 Å². The molecule has 0 fully saturated rings. The van der Waals surface area contributed by atoms with Gasteiger partial charge in [0.05, 0.1) is 21.8 Å². The average Bonchev–Trinajstić information content (AvgIpc) is 3.16. The van der Waals surface area contributed by atoms with E-state index in [1.807, 2.05) is 0 Å². The Bertz CT molecular complexity index is 1000. The van der Waals surface area contributed by atoms with Gasteiger partial charge in [-0.3, -0.25) is 0 Å². The van der Waals surface area contributed by atoms with Crippen LogP contribution in [0.25, 0.3) is 5.95 Å². The molecule has 0 radical (unpaired) electrons. The molecule has 0 aliphatic carbocycles. The minimum Gasteiger partial charge on any atom is -0.433 e. The number of nitrogens with zero attached hydrogens (tertiary/aromatic N) is 5. The molecule has 1 atom stereocenters. The van der Waals surface area contributed by atoms with E-state index in [0.29, 0.717) is 5.82 Å². The molecule has 3 rings (SSSR count). The second-order valence-electron chi connectivity index (χ2n) is 5.54. The Morgan fingerprint density at radius 3 is 2.59 bits per heavy atom. The van der Waals surface area contributed by atoms with Crippen LogP contribution in [0, 0.1) is 0 Å². The van der Waals surface area contributed by atoms with Crippen LogP contribution in [0.4, 0.5) is 19.3 Å². The normalized spacial score (nSPS) is 11.9. The summed E-state index contributed by atoms with van der Waals surface area (Å²) in [7, 11) is 0. The SMILES string of the molecule is C[C@H](NC(=O)Nc1cc(OC(F)F)c(Cl)cc1Cl)c1ncnn1-c1ncccn1. The third-order valence-electron chi connectivity index (χ3n) is 3.54. The van der Waals surface area contributed by atoms with Gasteiger partial charge >= 0.3 is 12.6 Å². The number of hydrogen-bond acceptors (Lipinski definition) is 6. The van der Waals surface area contributed by atoms with Crippen molar-refractivity contribution in [2.45, 2.75) is 19.6 Å². The summed E-state index contributed by atoms with van der Waals surface area (Å²) in [6.45, 7) is -1.42. The first-order valence-electron chi connectivity index (χ1n) is 8.04. The predicted molar refractivity (Wildman–Crippen MR) is 101 cm³/mol. The summed E-state index contributed by atoms with van der Waals surface area (Å²) >= 11 is 11.8.